The summed E-state index contributed by atoms with van der Waals surface area (Å²) in [5.74, 6) is 0.776. The van der Waals surface area contributed by atoms with Crippen LogP contribution in [0.5, 0.6) is 0 Å². The molecule has 3 rings (SSSR count). The van der Waals surface area contributed by atoms with Gasteiger partial charge < -0.3 is 15.8 Å². The van der Waals surface area contributed by atoms with Gasteiger partial charge in [0, 0.05) is 5.41 Å². The third-order valence-corrected chi connectivity index (χ3v) is 3.86. The second kappa shape index (κ2) is 5.76. The zero-order valence-electron chi connectivity index (χ0n) is 14.0. The number of hydrogen-bond donors (Lipinski definition) is 3. The van der Waals surface area contributed by atoms with Gasteiger partial charge in [-0.2, -0.15) is 5.10 Å². The minimum Gasteiger partial charge on any atom is -0.394 e. The second-order valence-corrected chi connectivity index (χ2v) is 6.74. The zero-order valence-corrected chi connectivity index (χ0v) is 14.0. The summed E-state index contributed by atoms with van der Waals surface area (Å²) in [5, 5.41) is 14.3. The predicted molar refractivity (Wildman–Crippen MR) is 93.8 cm³/mol. The Hall–Kier alpha value is -2.67. The maximum absolute atomic E-state index is 12.4. The molecule has 0 spiro atoms. The number of aliphatic hydroxyl groups excluding tert-OH is 1. The van der Waals surface area contributed by atoms with E-state index in [1.54, 1.807) is 22.9 Å². The molecule has 7 heteroatoms. The molecule has 7 nitrogen and oxygen atoms in total. The molecule has 0 fully saturated rings. The van der Waals surface area contributed by atoms with Crippen LogP contribution in [0.15, 0.2) is 29.1 Å². The van der Waals surface area contributed by atoms with E-state index in [0.717, 1.165) is 5.69 Å². The molecule has 1 aromatic carbocycles. The fraction of sp³-hybridized carbons (Fsp3) is 0.353. The summed E-state index contributed by atoms with van der Waals surface area (Å²) in [5.41, 5.74) is 7.67. The smallest absolute Gasteiger partial charge is 0.259 e. The van der Waals surface area contributed by atoms with Gasteiger partial charge in [-0.15, -0.1) is 0 Å². The number of anilines is 1. The molecule has 24 heavy (non-hydrogen) atoms. The fourth-order valence-corrected chi connectivity index (χ4v) is 2.70. The van der Waals surface area contributed by atoms with Crippen molar-refractivity contribution in [1.82, 2.24) is 19.7 Å². The lowest BCUT2D eigenvalue weighted by Gasteiger charge is -2.17. The number of para-hydroxylation sites is 1. The van der Waals surface area contributed by atoms with Crippen molar-refractivity contribution >= 4 is 16.7 Å². The normalized spacial score (nSPS) is 12.0. The summed E-state index contributed by atoms with van der Waals surface area (Å²) >= 11 is 0. The molecule has 126 valence electrons. The lowest BCUT2D eigenvalue weighted by atomic mass is 9.89. The molecule has 0 aliphatic rings. The van der Waals surface area contributed by atoms with E-state index in [0.29, 0.717) is 28.1 Å². The van der Waals surface area contributed by atoms with Gasteiger partial charge in [0.2, 0.25) is 0 Å². The van der Waals surface area contributed by atoms with E-state index in [-0.39, 0.29) is 24.1 Å². The third kappa shape index (κ3) is 2.67. The predicted octanol–water partition coefficient (Wildman–Crippen LogP) is 1.66. The van der Waals surface area contributed by atoms with Crippen LogP contribution in [0.1, 0.15) is 26.5 Å². The molecule has 0 bridgehead atoms. The number of H-pyrrole nitrogens is 1. The number of benzene rings is 1. The monoisotopic (exact) mass is 327 g/mol. The minimum atomic E-state index is -0.297. The van der Waals surface area contributed by atoms with Crippen molar-refractivity contribution in [3.63, 3.8) is 0 Å². The van der Waals surface area contributed by atoms with Crippen molar-refractivity contribution in [1.29, 1.82) is 0 Å². The number of rotatable bonds is 3. The van der Waals surface area contributed by atoms with Gasteiger partial charge in [-0.25, -0.2) is 9.67 Å². The fourth-order valence-electron chi connectivity index (χ4n) is 2.70. The molecule has 0 amide bonds. The summed E-state index contributed by atoms with van der Waals surface area (Å²) < 4.78 is 1.55. The molecule has 0 saturated carbocycles. The summed E-state index contributed by atoms with van der Waals surface area (Å²) in [6.07, 6.45) is 0. The lowest BCUT2D eigenvalue weighted by molar-refractivity contribution is 0.269. The SMILES string of the molecule is CC(C)(C)c1nn(CCO)c(N)c1-c1nc2ccccc2c(=O)[nH]1. The lowest BCUT2D eigenvalue weighted by Crippen LogP contribution is -2.16. The molecular formula is C17H21N5O2. The van der Waals surface area contributed by atoms with Crippen LogP contribution in [-0.2, 0) is 12.0 Å². The topological polar surface area (TPSA) is 110 Å². The average molecular weight is 327 g/mol. The average Bonchev–Trinajstić information content (AvgIpc) is 2.85. The Morgan fingerprint density at radius 1 is 1.29 bits per heavy atom. The molecule has 0 aliphatic heterocycles. The number of fused-ring (bicyclic) bond motifs is 1. The quantitative estimate of drug-likeness (QED) is 0.677. The highest BCUT2D eigenvalue weighted by Crippen LogP contribution is 2.35. The molecule has 0 atom stereocenters. The summed E-state index contributed by atoms with van der Waals surface area (Å²) in [6, 6.07) is 7.16. The number of nitrogens with zero attached hydrogens (tertiary/aromatic N) is 3. The van der Waals surface area contributed by atoms with E-state index in [9.17, 15) is 9.90 Å². The highest BCUT2D eigenvalue weighted by molar-refractivity contribution is 5.81. The number of aliphatic hydroxyl groups is 1. The standard InChI is InChI=1S/C17H21N5O2/c1-17(2,3)13-12(14(18)22(21-13)8-9-23)15-19-11-7-5-4-6-10(11)16(24)20-15/h4-7,23H,8-9,18H2,1-3H3,(H,19,20,24). The number of nitrogens with one attached hydrogen (secondary N) is 1. The Bertz CT molecular complexity index is 950. The van der Waals surface area contributed by atoms with Crippen LogP contribution in [0.3, 0.4) is 0 Å². The highest BCUT2D eigenvalue weighted by Gasteiger charge is 2.28. The van der Waals surface area contributed by atoms with Gasteiger partial charge in [-0.3, -0.25) is 4.79 Å². The maximum atomic E-state index is 12.4. The van der Waals surface area contributed by atoms with Crippen molar-refractivity contribution < 1.29 is 5.11 Å². The highest BCUT2D eigenvalue weighted by atomic mass is 16.3. The molecule has 4 N–H and O–H groups in total. The number of nitrogen functional groups attached to an aromatic ring is 1. The van der Waals surface area contributed by atoms with E-state index < -0.39 is 0 Å². The van der Waals surface area contributed by atoms with E-state index in [4.69, 9.17) is 5.73 Å². The maximum Gasteiger partial charge on any atom is 0.259 e. The van der Waals surface area contributed by atoms with Gasteiger partial charge >= 0.3 is 0 Å². The molecule has 0 aliphatic carbocycles. The summed E-state index contributed by atoms with van der Waals surface area (Å²) in [6.45, 7) is 6.26. The molecule has 0 saturated heterocycles. The van der Waals surface area contributed by atoms with Crippen molar-refractivity contribution in [2.45, 2.75) is 32.7 Å². The van der Waals surface area contributed by atoms with Crippen molar-refractivity contribution in [2.75, 3.05) is 12.3 Å². The second-order valence-electron chi connectivity index (χ2n) is 6.74. The minimum absolute atomic E-state index is 0.0728. The van der Waals surface area contributed by atoms with Gasteiger partial charge in [0.15, 0.2) is 0 Å². The molecular weight excluding hydrogens is 306 g/mol. The van der Waals surface area contributed by atoms with Gasteiger partial charge in [-0.05, 0) is 12.1 Å². The molecule has 0 unspecified atom stereocenters. The third-order valence-electron chi connectivity index (χ3n) is 3.86. The van der Waals surface area contributed by atoms with Gasteiger partial charge in [0.25, 0.3) is 5.56 Å². The van der Waals surface area contributed by atoms with Gasteiger partial charge in [0.05, 0.1) is 35.3 Å². The van der Waals surface area contributed by atoms with E-state index in [1.165, 1.54) is 0 Å². The molecule has 3 aromatic rings. The van der Waals surface area contributed by atoms with Crippen LogP contribution in [0.25, 0.3) is 22.3 Å². The Morgan fingerprint density at radius 2 is 2.00 bits per heavy atom. The van der Waals surface area contributed by atoms with E-state index >= 15 is 0 Å². The largest absolute Gasteiger partial charge is 0.394 e. The number of nitrogens with two attached hydrogens (primary N) is 1. The Morgan fingerprint density at radius 3 is 2.67 bits per heavy atom. The van der Waals surface area contributed by atoms with Crippen molar-refractivity contribution in [3.05, 3.63) is 40.3 Å². The number of aromatic amines is 1. The van der Waals surface area contributed by atoms with E-state index in [1.807, 2.05) is 26.8 Å². The van der Waals surface area contributed by atoms with Crippen LogP contribution in [0.4, 0.5) is 5.82 Å². The molecule has 0 radical (unpaired) electrons. The molecule has 2 aromatic heterocycles. The van der Waals surface area contributed by atoms with Crippen molar-refractivity contribution in [3.8, 4) is 11.4 Å². The number of aromatic nitrogens is 4. The first-order valence-electron chi connectivity index (χ1n) is 7.80. The molecule has 2 heterocycles. The van der Waals surface area contributed by atoms with Crippen LogP contribution >= 0.6 is 0 Å². The Kier molecular flexibility index (Phi) is 3.88. The van der Waals surface area contributed by atoms with Crippen LogP contribution in [0.2, 0.25) is 0 Å². The first-order chi connectivity index (χ1) is 11.3. The first kappa shape index (κ1) is 16.2. The van der Waals surface area contributed by atoms with Crippen LogP contribution in [0, 0.1) is 0 Å². The van der Waals surface area contributed by atoms with Gasteiger partial charge in [-0.1, -0.05) is 32.9 Å². The van der Waals surface area contributed by atoms with Gasteiger partial charge in [0.1, 0.15) is 11.6 Å². The first-order valence-corrected chi connectivity index (χ1v) is 7.80. The van der Waals surface area contributed by atoms with Crippen LogP contribution < -0.4 is 11.3 Å². The Balaban J connectivity index is 2.31. The van der Waals surface area contributed by atoms with E-state index in [2.05, 4.69) is 15.1 Å². The van der Waals surface area contributed by atoms with Crippen LogP contribution in [-0.4, -0.2) is 31.5 Å². The number of hydrogen-bond acceptors (Lipinski definition) is 5. The zero-order chi connectivity index (χ0) is 17.5. The Labute approximate surface area is 139 Å². The summed E-state index contributed by atoms with van der Waals surface area (Å²) in [4.78, 5) is 19.8. The summed E-state index contributed by atoms with van der Waals surface area (Å²) in [7, 11) is 0. The van der Waals surface area contributed by atoms with Crippen molar-refractivity contribution in [2.24, 2.45) is 0 Å².